The maximum atomic E-state index is 13.5. The van der Waals surface area contributed by atoms with Gasteiger partial charge in [0.25, 0.3) is 0 Å². The Balaban J connectivity index is 1.84. The molecule has 1 saturated carbocycles. The van der Waals surface area contributed by atoms with E-state index in [1.54, 1.807) is 41.5 Å². The molecule has 1 aliphatic rings. The molecule has 3 rings (SSSR count). The van der Waals surface area contributed by atoms with Crippen molar-refractivity contribution in [3.63, 3.8) is 0 Å². The van der Waals surface area contributed by atoms with E-state index >= 15 is 0 Å². The summed E-state index contributed by atoms with van der Waals surface area (Å²) in [5, 5.41) is 0. The van der Waals surface area contributed by atoms with Crippen molar-refractivity contribution in [2.75, 3.05) is 0 Å². The number of hydrogen-bond acceptors (Lipinski definition) is 8. The molecule has 0 radical (unpaired) electrons. The molecule has 6 atom stereocenters. The van der Waals surface area contributed by atoms with Crippen LogP contribution in [0.25, 0.3) is 0 Å². The Morgan fingerprint density at radius 3 is 1.88 bits per heavy atom. The lowest BCUT2D eigenvalue weighted by atomic mass is 9.64. The summed E-state index contributed by atoms with van der Waals surface area (Å²) in [4.78, 5) is 51.3. The first-order chi connectivity index (χ1) is 23.4. The Bertz CT molecular complexity index is 1420. The van der Waals surface area contributed by atoms with Crippen LogP contribution in [0.2, 0.25) is 0 Å². The summed E-state index contributed by atoms with van der Waals surface area (Å²) < 4.78 is 23.9. The van der Waals surface area contributed by atoms with Crippen LogP contribution in [0, 0.1) is 22.7 Å². The Morgan fingerprint density at radius 2 is 1.32 bits per heavy atom. The van der Waals surface area contributed by atoms with Gasteiger partial charge >= 0.3 is 17.9 Å². The minimum atomic E-state index is -1.08. The Labute approximate surface area is 299 Å². The van der Waals surface area contributed by atoms with Crippen LogP contribution >= 0.6 is 0 Å². The summed E-state index contributed by atoms with van der Waals surface area (Å²) in [5.74, 6) is -0.943. The van der Waals surface area contributed by atoms with Gasteiger partial charge in [0.1, 0.15) is 12.2 Å². The number of benzene rings is 2. The molecule has 0 amide bonds. The van der Waals surface area contributed by atoms with E-state index in [-0.39, 0.29) is 36.9 Å². The van der Waals surface area contributed by atoms with Gasteiger partial charge in [0.15, 0.2) is 12.4 Å². The molecular weight excluding hydrogens is 632 g/mol. The van der Waals surface area contributed by atoms with E-state index in [1.165, 1.54) is 17.7 Å². The van der Waals surface area contributed by atoms with Crippen LogP contribution in [0.15, 0.2) is 72.8 Å². The van der Waals surface area contributed by atoms with Crippen LogP contribution in [0.1, 0.15) is 106 Å². The van der Waals surface area contributed by atoms with Crippen LogP contribution in [0.3, 0.4) is 0 Å². The highest BCUT2D eigenvalue weighted by atomic mass is 16.6. The molecule has 0 saturated heterocycles. The fraction of sp³-hybridized carbons (Fsp3) is 0.571. The minimum Gasteiger partial charge on any atom is -0.459 e. The van der Waals surface area contributed by atoms with Gasteiger partial charge in [-0.15, -0.1) is 0 Å². The lowest BCUT2D eigenvalue weighted by Gasteiger charge is -2.43. The number of esters is 3. The molecular formula is C42H58O8. The van der Waals surface area contributed by atoms with E-state index in [9.17, 15) is 19.2 Å². The molecule has 0 N–H and O–H groups in total. The number of carbonyl (C=O) groups excluding carboxylic acids is 4. The first-order valence-electron chi connectivity index (χ1n) is 17.9. The molecule has 2 aromatic rings. The molecule has 0 aromatic heterocycles. The lowest BCUT2D eigenvalue weighted by molar-refractivity contribution is -0.163. The molecule has 8 heteroatoms. The van der Waals surface area contributed by atoms with Crippen LogP contribution in [-0.4, -0.2) is 48.6 Å². The normalized spacial score (nSPS) is 20.4. The van der Waals surface area contributed by atoms with Crippen molar-refractivity contribution in [3.05, 3.63) is 83.9 Å². The maximum absolute atomic E-state index is 13.5. The molecule has 1 fully saturated rings. The predicted molar refractivity (Wildman–Crippen MR) is 194 cm³/mol. The van der Waals surface area contributed by atoms with Crippen molar-refractivity contribution in [2.24, 2.45) is 22.7 Å². The number of hydrogen-bond donors (Lipinski definition) is 0. The van der Waals surface area contributed by atoms with Crippen molar-refractivity contribution >= 4 is 24.2 Å². The molecule has 8 nitrogen and oxygen atoms in total. The molecule has 0 bridgehead atoms. The zero-order valence-electron chi connectivity index (χ0n) is 31.5. The highest BCUT2D eigenvalue weighted by Crippen LogP contribution is 2.43. The minimum absolute atomic E-state index is 0.0379. The average Bonchev–Trinajstić information content (AvgIpc) is 3.05. The zero-order valence-corrected chi connectivity index (χ0v) is 31.5. The van der Waals surface area contributed by atoms with E-state index < -0.39 is 47.0 Å². The van der Waals surface area contributed by atoms with Crippen molar-refractivity contribution < 1.29 is 38.1 Å². The fourth-order valence-electron chi connectivity index (χ4n) is 6.21. The monoisotopic (exact) mass is 690 g/mol. The molecule has 1 aliphatic carbocycles. The summed E-state index contributed by atoms with van der Waals surface area (Å²) in [7, 11) is 0. The summed E-state index contributed by atoms with van der Waals surface area (Å²) in [6.07, 6.45) is 3.45. The van der Waals surface area contributed by atoms with Gasteiger partial charge in [-0.25, -0.2) is 4.79 Å². The number of ether oxygens (including phenoxy) is 4. The smallest absolute Gasteiger partial charge is 0.330 e. The highest BCUT2D eigenvalue weighted by Gasteiger charge is 2.42. The van der Waals surface area contributed by atoms with Crippen molar-refractivity contribution in [3.8, 4) is 0 Å². The number of aldehydes is 1. The van der Waals surface area contributed by atoms with Gasteiger partial charge in [0.2, 0.25) is 0 Å². The van der Waals surface area contributed by atoms with Crippen LogP contribution in [0.5, 0.6) is 0 Å². The van der Waals surface area contributed by atoms with Gasteiger partial charge in [-0.2, -0.15) is 0 Å². The van der Waals surface area contributed by atoms with Gasteiger partial charge in [-0.05, 0) is 82.9 Å². The third kappa shape index (κ3) is 12.5. The quantitative estimate of drug-likeness (QED) is 0.0795. The first kappa shape index (κ1) is 40.6. The SMILES string of the molecule is C[C@@H]1CC[C@@H](C(C)(C)c2ccccc2)[C@H](OC(=O)/C=C/[C@@H](C[C@H](C[C@@H](C=O)OC(=O)C(C)(C)C)OCc2ccccc2)OC(=O)C(C)(C)C)C1. The van der Waals surface area contributed by atoms with Gasteiger partial charge in [-0.1, -0.05) is 87.9 Å². The van der Waals surface area contributed by atoms with Crippen molar-refractivity contribution in [1.82, 2.24) is 0 Å². The lowest BCUT2D eigenvalue weighted by Crippen LogP contribution is -2.43. The average molecular weight is 691 g/mol. The third-order valence-corrected chi connectivity index (χ3v) is 9.43. The molecule has 0 spiro atoms. The Morgan fingerprint density at radius 1 is 0.780 bits per heavy atom. The molecule has 2 aromatic carbocycles. The fourth-order valence-corrected chi connectivity index (χ4v) is 6.21. The Hall–Kier alpha value is -3.78. The summed E-state index contributed by atoms with van der Waals surface area (Å²) in [6, 6.07) is 19.9. The predicted octanol–water partition coefficient (Wildman–Crippen LogP) is 8.35. The van der Waals surface area contributed by atoms with Gasteiger partial charge in [0.05, 0.1) is 23.5 Å². The zero-order chi connectivity index (χ0) is 37.1. The molecule has 0 aliphatic heterocycles. The van der Waals surface area contributed by atoms with E-state index in [0.29, 0.717) is 12.2 Å². The number of carbonyl (C=O) groups is 4. The molecule has 0 heterocycles. The second kappa shape index (κ2) is 17.9. The second-order valence-corrected chi connectivity index (χ2v) is 16.4. The molecule has 0 unspecified atom stereocenters. The summed E-state index contributed by atoms with van der Waals surface area (Å²) in [6.45, 7) is 17.2. The molecule has 50 heavy (non-hydrogen) atoms. The molecule has 274 valence electrons. The number of rotatable bonds is 15. The first-order valence-corrected chi connectivity index (χ1v) is 17.9. The van der Waals surface area contributed by atoms with Crippen LogP contribution in [-0.2, 0) is 50.1 Å². The van der Waals surface area contributed by atoms with E-state index in [0.717, 1.165) is 24.8 Å². The Kier molecular flexibility index (Phi) is 14.6. The maximum Gasteiger partial charge on any atom is 0.330 e. The van der Waals surface area contributed by atoms with Crippen LogP contribution < -0.4 is 0 Å². The van der Waals surface area contributed by atoms with Gasteiger partial charge in [-0.3, -0.25) is 14.4 Å². The van der Waals surface area contributed by atoms with Crippen LogP contribution in [0.4, 0.5) is 0 Å². The van der Waals surface area contributed by atoms with E-state index in [2.05, 4.69) is 32.9 Å². The van der Waals surface area contributed by atoms with E-state index in [1.807, 2.05) is 48.5 Å². The third-order valence-electron chi connectivity index (χ3n) is 9.43. The van der Waals surface area contributed by atoms with Crippen molar-refractivity contribution in [1.29, 1.82) is 0 Å². The largest absolute Gasteiger partial charge is 0.459 e. The van der Waals surface area contributed by atoms with Gasteiger partial charge in [0, 0.05) is 24.8 Å². The van der Waals surface area contributed by atoms with E-state index in [4.69, 9.17) is 18.9 Å². The topological polar surface area (TPSA) is 105 Å². The standard InChI is InChI=1S/C42H58O8/c1-29-20-22-35(42(8,9)31-18-14-11-15-19-31)36(24-29)50-37(44)23-21-32(48-38(45)40(2,3)4)25-33(47-28-30-16-12-10-13-17-30)26-34(27-43)49-39(46)41(5,6)7/h10-19,21,23,27,29,32-36H,20,22,24-26,28H2,1-9H3/b23-21+/t29-,32+,33-,34+,35-,36-/m1/s1. The summed E-state index contributed by atoms with van der Waals surface area (Å²) >= 11 is 0. The van der Waals surface area contributed by atoms with Gasteiger partial charge < -0.3 is 18.9 Å². The van der Waals surface area contributed by atoms with Crippen molar-refractivity contribution in [2.45, 2.75) is 131 Å². The highest BCUT2D eigenvalue weighted by molar-refractivity contribution is 5.82. The summed E-state index contributed by atoms with van der Waals surface area (Å²) in [5.41, 5.74) is 0.281. The second-order valence-electron chi connectivity index (χ2n) is 16.4.